The van der Waals surface area contributed by atoms with Crippen molar-refractivity contribution in [3.05, 3.63) is 95.6 Å². The van der Waals surface area contributed by atoms with Crippen molar-refractivity contribution in [2.45, 2.75) is 51.8 Å². The second kappa shape index (κ2) is 14.3. The predicted octanol–water partition coefficient (Wildman–Crippen LogP) is 4.64. The maximum Gasteiger partial charge on any atom is 0.408 e. The third-order valence-electron chi connectivity index (χ3n) is 6.21. The van der Waals surface area contributed by atoms with Crippen molar-refractivity contribution in [3.63, 3.8) is 0 Å². The van der Waals surface area contributed by atoms with Crippen molar-refractivity contribution in [3.8, 4) is 5.75 Å². The Morgan fingerprint density at radius 2 is 1.56 bits per heavy atom. The van der Waals surface area contributed by atoms with E-state index < -0.39 is 42.2 Å². The van der Waals surface area contributed by atoms with Gasteiger partial charge >= 0.3 is 6.09 Å². The third-order valence-corrected chi connectivity index (χ3v) is 6.21. The van der Waals surface area contributed by atoms with Gasteiger partial charge in [-0.3, -0.25) is 9.59 Å². The number of hydrogen-bond donors (Lipinski definition) is 3. The normalized spacial score (nSPS) is 12.5. The van der Waals surface area contributed by atoms with Crippen LogP contribution in [0.2, 0.25) is 0 Å². The highest BCUT2D eigenvalue weighted by Crippen LogP contribution is 2.26. The molecule has 0 radical (unpaired) electrons. The fourth-order valence-electron chi connectivity index (χ4n) is 4.28. The quantitative estimate of drug-likeness (QED) is 0.314. The van der Waals surface area contributed by atoms with Crippen LogP contribution in [-0.2, 0) is 20.7 Å². The van der Waals surface area contributed by atoms with Gasteiger partial charge in [0.15, 0.2) is 0 Å². The lowest BCUT2D eigenvalue weighted by atomic mass is 9.99. The molecule has 3 aromatic rings. The largest absolute Gasteiger partial charge is 0.497 e. The van der Waals surface area contributed by atoms with Gasteiger partial charge in [0.2, 0.25) is 5.91 Å². The van der Waals surface area contributed by atoms with E-state index in [2.05, 4.69) is 10.6 Å². The number of amides is 3. The molecule has 9 nitrogen and oxygen atoms in total. The summed E-state index contributed by atoms with van der Waals surface area (Å²) >= 11 is 0. The lowest BCUT2D eigenvalue weighted by Gasteiger charge is -2.34. The monoisotopic (exact) mass is 561 g/mol. The summed E-state index contributed by atoms with van der Waals surface area (Å²) in [7, 11) is 1.55. The van der Waals surface area contributed by atoms with E-state index >= 15 is 0 Å². The lowest BCUT2D eigenvalue weighted by Crippen LogP contribution is -2.53. The number of anilines is 1. The highest BCUT2D eigenvalue weighted by molar-refractivity contribution is 5.99. The van der Waals surface area contributed by atoms with Crippen LogP contribution in [-0.4, -0.2) is 59.8 Å². The fourth-order valence-corrected chi connectivity index (χ4v) is 4.28. The zero-order valence-corrected chi connectivity index (χ0v) is 24.2. The standard InChI is InChI=1S/C32H39N3O6/c1-22-11-13-24(14-12-22)28(29(37)33-25-15-17-26(40-5)18-16-25)35(19-20-36)30(38)27(21-23-9-7-6-8-10-23)34-31(39)41-32(2,3)4/h6-18,27-28,36H,19-21H2,1-5H3,(H,33,37)(H,34,39). The number of ether oxygens (including phenoxy) is 2. The van der Waals surface area contributed by atoms with Crippen molar-refractivity contribution in [2.24, 2.45) is 0 Å². The van der Waals surface area contributed by atoms with Gasteiger partial charge in [0.1, 0.15) is 23.4 Å². The molecule has 0 saturated heterocycles. The minimum Gasteiger partial charge on any atom is -0.497 e. The number of methoxy groups -OCH3 is 1. The summed E-state index contributed by atoms with van der Waals surface area (Å²) in [4.78, 5) is 42.1. The molecule has 3 rings (SSSR count). The molecule has 0 heterocycles. The summed E-state index contributed by atoms with van der Waals surface area (Å²) in [6, 6.07) is 21.2. The van der Waals surface area contributed by atoms with Crippen LogP contribution < -0.4 is 15.4 Å². The summed E-state index contributed by atoms with van der Waals surface area (Å²) < 4.78 is 10.6. The molecule has 3 N–H and O–H groups in total. The van der Waals surface area contributed by atoms with Crippen LogP contribution in [0.3, 0.4) is 0 Å². The zero-order chi connectivity index (χ0) is 30.0. The first-order valence-corrected chi connectivity index (χ1v) is 13.5. The molecule has 218 valence electrons. The maximum absolute atomic E-state index is 14.2. The number of aliphatic hydroxyl groups is 1. The summed E-state index contributed by atoms with van der Waals surface area (Å²) in [6.07, 6.45) is -0.605. The molecule has 41 heavy (non-hydrogen) atoms. The van der Waals surface area contributed by atoms with Crippen LogP contribution in [0.15, 0.2) is 78.9 Å². The van der Waals surface area contributed by atoms with Crippen molar-refractivity contribution in [1.82, 2.24) is 10.2 Å². The Morgan fingerprint density at radius 3 is 2.12 bits per heavy atom. The van der Waals surface area contributed by atoms with Gasteiger partial charge in [-0.05, 0) is 63.1 Å². The smallest absolute Gasteiger partial charge is 0.408 e. The number of aliphatic hydroxyl groups excluding tert-OH is 1. The van der Waals surface area contributed by atoms with Gasteiger partial charge in [0.25, 0.3) is 5.91 Å². The Hall–Kier alpha value is -4.37. The fraction of sp³-hybridized carbons (Fsp3) is 0.344. The maximum atomic E-state index is 14.2. The SMILES string of the molecule is COc1ccc(NC(=O)C(c2ccc(C)cc2)N(CCO)C(=O)C(Cc2ccccc2)NC(=O)OC(C)(C)C)cc1. The molecule has 3 amide bonds. The minimum absolute atomic E-state index is 0.144. The number of nitrogens with zero attached hydrogens (tertiary/aromatic N) is 1. The van der Waals surface area contributed by atoms with E-state index in [0.29, 0.717) is 17.0 Å². The Balaban J connectivity index is 2.00. The Kier molecular flexibility index (Phi) is 10.9. The van der Waals surface area contributed by atoms with E-state index in [1.807, 2.05) is 49.4 Å². The summed E-state index contributed by atoms with van der Waals surface area (Å²) in [5, 5.41) is 15.6. The van der Waals surface area contributed by atoms with Crippen LogP contribution in [0.1, 0.15) is 43.5 Å². The van der Waals surface area contributed by atoms with Crippen LogP contribution in [0.4, 0.5) is 10.5 Å². The van der Waals surface area contributed by atoms with Crippen LogP contribution in [0, 0.1) is 6.92 Å². The van der Waals surface area contributed by atoms with Gasteiger partial charge in [0, 0.05) is 18.7 Å². The molecule has 0 spiro atoms. The van der Waals surface area contributed by atoms with Gasteiger partial charge in [0.05, 0.1) is 13.7 Å². The molecule has 0 fully saturated rings. The Labute approximate surface area is 241 Å². The first kappa shape index (κ1) is 31.2. The van der Waals surface area contributed by atoms with Crippen molar-refractivity contribution in [2.75, 3.05) is 25.6 Å². The molecule has 9 heteroatoms. The predicted molar refractivity (Wildman–Crippen MR) is 158 cm³/mol. The number of aryl methyl sites for hydroxylation is 1. The van der Waals surface area contributed by atoms with E-state index in [1.165, 1.54) is 4.90 Å². The number of hydrogen-bond acceptors (Lipinski definition) is 6. The van der Waals surface area contributed by atoms with Crippen molar-refractivity contribution >= 4 is 23.6 Å². The molecule has 2 unspecified atom stereocenters. The first-order chi connectivity index (χ1) is 19.5. The molecular weight excluding hydrogens is 522 g/mol. The molecule has 0 aliphatic heterocycles. The highest BCUT2D eigenvalue weighted by Gasteiger charge is 2.36. The molecule has 3 aromatic carbocycles. The van der Waals surface area contributed by atoms with E-state index in [9.17, 15) is 19.5 Å². The highest BCUT2D eigenvalue weighted by atomic mass is 16.6. The number of alkyl carbamates (subject to hydrolysis) is 1. The lowest BCUT2D eigenvalue weighted by molar-refractivity contribution is -0.141. The van der Waals surface area contributed by atoms with Crippen LogP contribution >= 0.6 is 0 Å². The molecular formula is C32H39N3O6. The minimum atomic E-state index is -1.10. The van der Waals surface area contributed by atoms with Crippen LogP contribution in [0.25, 0.3) is 0 Å². The topological polar surface area (TPSA) is 117 Å². The van der Waals surface area contributed by atoms with E-state index in [1.54, 1.807) is 64.3 Å². The summed E-state index contributed by atoms with van der Waals surface area (Å²) in [5.74, 6) is -0.382. The summed E-state index contributed by atoms with van der Waals surface area (Å²) in [6.45, 7) is 6.58. The average Bonchev–Trinajstić information content (AvgIpc) is 2.93. The molecule has 0 saturated carbocycles. The Morgan fingerprint density at radius 1 is 0.927 bits per heavy atom. The van der Waals surface area contributed by atoms with Gasteiger partial charge in [-0.15, -0.1) is 0 Å². The van der Waals surface area contributed by atoms with Gasteiger partial charge in [-0.2, -0.15) is 0 Å². The van der Waals surface area contributed by atoms with Gasteiger partial charge in [-0.25, -0.2) is 4.79 Å². The number of benzene rings is 3. The molecule has 2 atom stereocenters. The second-order valence-electron chi connectivity index (χ2n) is 10.7. The average molecular weight is 562 g/mol. The molecule has 0 aliphatic carbocycles. The number of carbonyl (C=O) groups is 3. The summed E-state index contributed by atoms with van der Waals surface area (Å²) in [5.41, 5.74) is 2.07. The molecule has 0 bridgehead atoms. The third kappa shape index (κ3) is 9.36. The second-order valence-corrected chi connectivity index (χ2v) is 10.7. The number of nitrogens with one attached hydrogen (secondary N) is 2. The van der Waals surface area contributed by atoms with Crippen molar-refractivity contribution in [1.29, 1.82) is 0 Å². The number of carbonyl (C=O) groups excluding carboxylic acids is 3. The van der Waals surface area contributed by atoms with E-state index in [0.717, 1.165) is 11.1 Å². The zero-order valence-electron chi connectivity index (χ0n) is 24.2. The van der Waals surface area contributed by atoms with E-state index in [-0.39, 0.29) is 13.0 Å². The van der Waals surface area contributed by atoms with Gasteiger partial charge in [-0.1, -0.05) is 60.2 Å². The first-order valence-electron chi connectivity index (χ1n) is 13.5. The Bertz CT molecular complexity index is 1290. The van der Waals surface area contributed by atoms with Crippen LogP contribution in [0.5, 0.6) is 5.75 Å². The molecule has 0 aliphatic rings. The van der Waals surface area contributed by atoms with E-state index in [4.69, 9.17) is 9.47 Å². The number of rotatable bonds is 11. The molecule has 0 aromatic heterocycles. The van der Waals surface area contributed by atoms with Gasteiger partial charge < -0.3 is 30.1 Å². The van der Waals surface area contributed by atoms with Crippen molar-refractivity contribution < 1.29 is 29.0 Å².